The number of aliphatic hydroxyl groups excluding tert-OH is 2. The van der Waals surface area contributed by atoms with Crippen molar-refractivity contribution in [1.82, 2.24) is 10.6 Å². The Hall–Kier alpha value is 0.880. The molecule has 4 atom stereocenters. The van der Waals surface area contributed by atoms with Crippen LogP contribution in [0.5, 0.6) is 0 Å². The number of halogens is 1. The van der Waals surface area contributed by atoms with Crippen LogP contribution in [-0.2, 0) is 4.74 Å². The SMILES string of the molecule is CC1(OC(O)NCCSCC(O)NC2CCC(I)C2)CCCCCCCCCC1. The molecule has 29 heavy (non-hydrogen) atoms. The lowest BCUT2D eigenvalue weighted by molar-refractivity contribution is -0.199. The monoisotopic (exact) mass is 542 g/mol. The third-order valence-corrected chi connectivity index (χ3v) is 8.37. The summed E-state index contributed by atoms with van der Waals surface area (Å²) in [6.07, 6.45) is 14.6. The number of aliphatic hydroxyl groups is 2. The molecule has 2 saturated carbocycles. The highest BCUT2D eigenvalue weighted by Gasteiger charge is 2.27. The van der Waals surface area contributed by atoms with E-state index in [1.807, 2.05) is 0 Å². The molecule has 2 fully saturated rings. The maximum absolute atomic E-state index is 10.3. The summed E-state index contributed by atoms with van der Waals surface area (Å²) >= 11 is 4.20. The van der Waals surface area contributed by atoms with Gasteiger partial charge in [-0.15, -0.1) is 0 Å². The van der Waals surface area contributed by atoms with Gasteiger partial charge >= 0.3 is 0 Å². The van der Waals surface area contributed by atoms with Gasteiger partial charge < -0.3 is 14.9 Å². The zero-order valence-electron chi connectivity index (χ0n) is 18.2. The van der Waals surface area contributed by atoms with Crippen molar-refractivity contribution in [1.29, 1.82) is 0 Å². The van der Waals surface area contributed by atoms with Crippen LogP contribution in [0.4, 0.5) is 0 Å². The number of hydrogen-bond acceptors (Lipinski definition) is 6. The van der Waals surface area contributed by atoms with E-state index in [9.17, 15) is 10.2 Å². The van der Waals surface area contributed by atoms with Gasteiger partial charge in [0.2, 0.25) is 6.41 Å². The molecule has 0 radical (unpaired) electrons. The van der Waals surface area contributed by atoms with E-state index in [0.29, 0.717) is 18.3 Å². The molecule has 2 aliphatic carbocycles. The number of alkyl halides is 1. The van der Waals surface area contributed by atoms with Crippen molar-refractivity contribution in [3.05, 3.63) is 0 Å². The maximum Gasteiger partial charge on any atom is 0.214 e. The van der Waals surface area contributed by atoms with Crippen LogP contribution in [-0.4, -0.2) is 56.5 Å². The summed E-state index contributed by atoms with van der Waals surface area (Å²) in [7, 11) is 0. The Bertz CT molecular complexity index is 421. The zero-order valence-corrected chi connectivity index (χ0v) is 21.2. The van der Waals surface area contributed by atoms with Gasteiger partial charge in [-0.05, 0) is 39.0 Å². The molecule has 0 amide bonds. The zero-order chi connectivity index (χ0) is 21.0. The smallest absolute Gasteiger partial charge is 0.214 e. The van der Waals surface area contributed by atoms with Gasteiger partial charge in [0.15, 0.2) is 0 Å². The predicted molar refractivity (Wildman–Crippen MR) is 132 cm³/mol. The largest absolute Gasteiger partial charge is 0.378 e. The molecule has 0 bridgehead atoms. The van der Waals surface area contributed by atoms with Crippen molar-refractivity contribution in [2.75, 3.05) is 18.1 Å². The van der Waals surface area contributed by atoms with Gasteiger partial charge in [0.25, 0.3) is 0 Å². The van der Waals surface area contributed by atoms with Gasteiger partial charge in [-0.1, -0.05) is 74.0 Å². The Balaban J connectivity index is 1.56. The molecule has 0 aromatic carbocycles. The van der Waals surface area contributed by atoms with Gasteiger partial charge in [-0.25, -0.2) is 0 Å². The molecule has 0 saturated heterocycles. The average molecular weight is 543 g/mol. The molecular weight excluding hydrogens is 499 g/mol. The van der Waals surface area contributed by atoms with E-state index in [0.717, 1.165) is 28.9 Å². The van der Waals surface area contributed by atoms with Gasteiger partial charge in [0.05, 0.1) is 5.60 Å². The normalized spacial score (nSPS) is 28.6. The highest BCUT2D eigenvalue weighted by Crippen LogP contribution is 2.29. The van der Waals surface area contributed by atoms with Crippen molar-refractivity contribution in [2.45, 2.75) is 119 Å². The fraction of sp³-hybridized carbons (Fsp3) is 1.00. The van der Waals surface area contributed by atoms with Crippen LogP contribution in [0.25, 0.3) is 0 Å². The van der Waals surface area contributed by atoms with Crippen molar-refractivity contribution in [3.63, 3.8) is 0 Å². The molecule has 0 aromatic rings. The van der Waals surface area contributed by atoms with E-state index >= 15 is 0 Å². The van der Waals surface area contributed by atoms with Gasteiger partial charge in [0, 0.05) is 28.0 Å². The molecule has 4 N–H and O–H groups in total. The first-order chi connectivity index (χ1) is 14.0. The second-order valence-corrected chi connectivity index (χ2v) is 12.0. The van der Waals surface area contributed by atoms with Crippen LogP contribution >= 0.6 is 34.4 Å². The van der Waals surface area contributed by atoms with Crippen molar-refractivity contribution in [3.8, 4) is 0 Å². The van der Waals surface area contributed by atoms with E-state index in [-0.39, 0.29) is 5.60 Å². The molecule has 2 rings (SSSR count). The number of rotatable bonds is 10. The summed E-state index contributed by atoms with van der Waals surface area (Å²) < 4.78 is 6.79. The number of thioether (sulfide) groups is 1. The second kappa shape index (κ2) is 14.9. The fourth-order valence-corrected chi connectivity index (χ4v) is 6.18. The molecule has 0 heterocycles. The van der Waals surface area contributed by atoms with Crippen molar-refractivity contribution >= 4 is 34.4 Å². The first-order valence-corrected chi connectivity index (χ1v) is 14.1. The molecule has 4 unspecified atom stereocenters. The lowest BCUT2D eigenvalue weighted by Gasteiger charge is -2.33. The minimum atomic E-state index is -0.909. The molecule has 2 aliphatic rings. The van der Waals surface area contributed by atoms with Crippen LogP contribution in [0.2, 0.25) is 0 Å². The van der Waals surface area contributed by atoms with Crippen LogP contribution in [0.15, 0.2) is 0 Å². The average Bonchev–Trinajstić information content (AvgIpc) is 3.05. The van der Waals surface area contributed by atoms with Crippen LogP contribution < -0.4 is 10.6 Å². The van der Waals surface area contributed by atoms with Gasteiger partial charge in [-0.2, -0.15) is 11.8 Å². The molecule has 7 heteroatoms. The number of nitrogens with one attached hydrogen (secondary N) is 2. The van der Waals surface area contributed by atoms with E-state index < -0.39 is 12.6 Å². The first kappa shape index (κ1) is 26.1. The van der Waals surface area contributed by atoms with Crippen molar-refractivity contribution < 1.29 is 14.9 Å². The lowest BCUT2D eigenvalue weighted by Crippen LogP contribution is -2.42. The maximum atomic E-state index is 10.3. The third-order valence-electron chi connectivity index (χ3n) is 6.20. The summed E-state index contributed by atoms with van der Waals surface area (Å²) in [4.78, 5) is 0. The topological polar surface area (TPSA) is 73.8 Å². The summed E-state index contributed by atoms with van der Waals surface area (Å²) in [6.45, 7) is 2.84. The molecule has 172 valence electrons. The van der Waals surface area contributed by atoms with Crippen molar-refractivity contribution in [2.24, 2.45) is 0 Å². The summed E-state index contributed by atoms with van der Waals surface area (Å²) in [6, 6.07) is 0.461. The first-order valence-electron chi connectivity index (χ1n) is 11.7. The Morgan fingerprint density at radius 3 is 2.24 bits per heavy atom. The number of ether oxygens (including phenoxy) is 1. The number of hydrogen-bond donors (Lipinski definition) is 4. The Labute approximate surface area is 196 Å². The summed E-state index contributed by atoms with van der Waals surface area (Å²) in [5, 5.41) is 26.9. The lowest BCUT2D eigenvalue weighted by atomic mass is 9.92. The molecule has 0 aromatic heterocycles. The van der Waals surface area contributed by atoms with Gasteiger partial charge in [-0.3, -0.25) is 10.6 Å². The summed E-state index contributed by atoms with van der Waals surface area (Å²) in [5.74, 6) is 1.52. The Morgan fingerprint density at radius 2 is 1.66 bits per heavy atom. The highest BCUT2D eigenvalue weighted by molar-refractivity contribution is 14.1. The molecule has 0 spiro atoms. The van der Waals surface area contributed by atoms with Crippen LogP contribution in [0.3, 0.4) is 0 Å². The van der Waals surface area contributed by atoms with E-state index in [1.165, 1.54) is 64.2 Å². The van der Waals surface area contributed by atoms with Gasteiger partial charge in [0.1, 0.15) is 6.23 Å². The Morgan fingerprint density at radius 1 is 1.03 bits per heavy atom. The second-order valence-electron chi connectivity index (χ2n) is 9.07. The third kappa shape index (κ3) is 11.9. The van der Waals surface area contributed by atoms with E-state index in [4.69, 9.17) is 4.74 Å². The van der Waals surface area contributed by atoms with Crippen LogP contribution in [0, 0.1) is 0 Å². The molecule has 0 aliphatic heterocycles. The highest BCUT2D eigenvalue weighted by atomic mass is 127. The molecular formula is C22H43IN2O3S. The standard InChI is InChI=1S/C22H43IN2O3S/c1-22(12-8-6-4-2-3-5-7-9-13-22)28-21(27)24-14-15-29-17-20(26)25-19-11-10-18(23)16-19/h18-21,24-27H,2-17H2,1H3. The Kier molecular flexibility index (Phi) is 13.4. The minimum absolute atomic E-state index is 0.234. The van der Waals surface area contributed by atoms with Crippen LogP contribution in [0.1, 0.15) is 90.4 Å². The quantitative estimate of drug-likeness (QED) is 0.141. The predicted octanol–water partition coefficient (Wildman–Crippen LogP) is 4.54. The fourth-order valence-electron chi connectivity index (χ4n) is 4.46. The summed E-state index contributed by atoms with van der Waals surface area (Å²) in [5.41, 5.74) is -0.234. The minimum Gasteiger partial charge on any atom is -0.378 e. The van der Waals surface area contributed by atoms with E-state index in [2.05, 4.69) is 40.1 Å². The molecule has 5 nitrogen and oxygen atoms in total. The van der Waals surface area contributed by atoms with E-state index in [1.54, 1.807) is 11.8 Å².